The first-order valence-corrected chi connectivity index (χ1v) is 7.63. The van der Waals surface area contributed by atoms with Crippen molar-refractivity contribution in [1.82, 2.24) is 4.98 Å². The van der Waals surface area contributed by atoms with E-state index in [0.29, 0.717) is 17.1 Å². The van der Waals surface area contributed by atoms with Gasteiger partial charge in [0.2, 0.25) is 0 Å². The molecule has 3 nitrogen and oxygen atoms in total. The van der Waals surface area contributed by atoms with Crippen LogP contribution in [0.25, 0.3) is 10.9 Å². The van der Waals surface area contributed by atoms with Gasteiger partial charge in [-0.05, 0) is 49.7 Å². The van der Waals surface area contributed by atoms with Crippen molar-refractivity contribution in [2.24, 2.45) is 0 Å². The maximum absolute atomic E-state index is 12.9. The van der Waals surface area contributed by atoms with Gasteiger partial charge in [0.15, 0.2) is 0 Å². The van der Waals surface area contributed by atoms with Crippen molar-refractivity contribution in [3.05, 3.63) is 64.8 Å². The van der Waals surface area contributed by atoms with Gasteiger partial charge in [-0.2, -0.15) is 0 Å². The number of aromatic amines is 1. The maximum Gasteiger partial charge on any atom is 0.260 e. The second kappa shape index (κ2) is 5.85. The van der Waals surface area contributed by atoms with E-state index in [0.717, 1.165) is 22.2 Å². The number of hydrogen-bond acceptors (Lipinski definition) is 1. The molecule has 1 amide bonds. The van der Waals surface area contributed by atoms with Crippen molar-refractivity contribution in [3.63, 3.8) is 0 Å². The number of amides is 1. The third-order valence-electron chi connectivity index (χ3n) is 3.75. The largest absolute Gasteiger partial charge is 0.360 e. The predicted octanol–water partition coefficient (Wildman–Crippen LogP) is 4.80. The number of benzene rings is 2. The van der Waals surface area contributed by atoms with Gasteiger partial charge in [0, 0.05) is 34.4 Å². The Morgan fingerprint density at radius 2 is 2.05 bits per heavy atom. The van der Waals surface area contributed by atoms with Crippen LogP contribution in [-0.4, -0.2) is 17.4 Å². The van der Waals surface area contributed by atoms with Crippen LogP contribution in [0.5, 0.6) is 0 Å². The van der Waals surface area contributed by atoms with Crippen LogP contribution >= 0.6 is 11.6 Å². The number of rotatable bonds is 3. The fraction of sp³-hybridized carbons (Fsp3) is 0.167. The summed E-state index contributed by atoms with van der Waals surface area (Å²) in [6.45, 7) is 4.60. The number of carbonyl (C=O) groups excluding carboxylic acids is 1. The van der Waals surface area contributed by atoms with Crippen molar-refractivity contribution < 1.29 is 4.79 Å². The summed E-state index contributed by atoms with van der Waals surface area (Å²) in [7, 11) is 0. The van der Waals surface area contributed by atoms with Crippen LogP contribution in [0.1, 0.15) is 22.8 Å². The van der Waals surface area contributed by atoms with Gasteiger partial charge in [-0.15, -0.1) is 0 Å². The van der Waals surface area contributed by atoms with Crippen LogP contribution < -0.4 is 4.90 Å². The molecule has 0 saturated carbocycles. The average Bonchev–Trinajstić information content (AvgIpc) is 2.91. The summed E-state index contributed by atoms with van der Waals surface area (Å²) in [5.74, 6) is -0.0263. The normalized spacial score (nSPS) is 10.9. The summed E-state index contributed by atoms with van der Waals surface area (Å²) in [5, 5.41) is 1.48. The second-order valence-corrected chi connectivity index (χ2v) is 5.72. The monoisotopic (exact) mass is 312 g/mol. The number of nitrogens with zero attached hydrogens (tertiary/aromatic N) is 1. The van der Waals surface area contributed by atoms with Crippen molar-refractivity contribution in [3.8, 4) is 0 Å². The lowest BCUT2D eigenvalue weighted by molar-refractivity contribution is 0.0990. The highest BCUT2D eigenvalue weighted by Gasteiger charge is 2.19. The van der Waals surface area contributed by atoms with Gasteiger partial charge in [-0.25, -0.2) is 0 Å². The highest BCUT2D eigenvalue weighted by molar-refractivity contribution is 6.31. The van der Waals surface area contributed by atoms with Crippen molar-refractivity contribution in [1.29, 1.82) is 0 Å². The molecule has 0 aliphatic rings. The lowest BCUT2D eigenvalue weighted by Gasteiger charge is -2.21. The lowest BCUT2D eigenvalue weighted by atomic mass is 10.1. The van der Waals surface area contributed by atoms with Gasteiger partial charge in [0.05, 0.1) is 5.56 Å². The Labute approximate surface area is 134 Å². The van der Waals surface area contributed by atoms with Crippen LogP contribution in [0.4, 0.5) is 5.69 Å². The van der Waals surface area contributed by atoms with Crippen LogP contribution in [0, 0.1) is 6.92 Å². The molecule has 4 heteroatoms. The molecule has 0 aliphatic carbocycles. The van der Waals surface area contributed by atoms with E-state index in [9.17, 15) is 4.79 Å². The average molecular weight is 313 g/mol. The topological polar surface area (TPSA) is 36.1 Å². The summed E-state index contributed by atoms with van der Waals surface area (Å²) in [4.78, 5) is 17.8. The SMILES string of the molecule is CCN(C(=O)c1c[nH]c2ccc(Cl)cc12)c1cccc(C)c1. The Hall–Kier alpha value is -2.26. The molecule has 0 spiro atoms. The molecule has 3 rings (SSSR count). The Kier molecular flexibility index (Phi) is 3.90. The van der Waals surface area contributed by atoms with E-state index in [1.807, 2.05) is 56.3 Å². The smallest absolute Gasteiger partial charge is 0.260 e. The number of carbonyl (C=O) groups is 1. The van der Waals surface area contributed by atoms with E-state index in [-0.39, 0.29) is 5.91 Å². The van der Waals surface area contributed by atoms with Crippen LogP contribution in [0.15, 0.2) is 48.7 Å². The molecule has 0 atom stereocenters. The summed E-state index contributed by atoms with van der Waals surface area (Å²) < 4.78 is 0. The Morgan fingerprint density at radius 1 is 1.23 bits per heavy atom. The van der Waals surface area contributed by atoms with Gasteiger partial charge >= 0.3 is 0 Å². The molecule has 0 fully saturated rings. The van der Waals surface area contributed by atoms with Gasteiger partial charge in [-0.3, -0.25) is 4.79 Å². The third-order valence-corrected chi connectivity index (χ3v) is 3.98. The van der Waals surface area contributed by atoms with E-state index < -0.39 is 0 Å². The summed E-state index contributed by atoms with van der Waals surface area (Å²) in [6, 6.07) is 13.5. The molecule has 112 valence electrons. The highest BCUT2D eigenvalue weighted by atomic mass is 35.5. The zero-order valence-corrected chi connectivity index (χ0v) is 13.3. The third kappa shape index (κ3) is 2.60. The standard InChI is InChI=1S/C18H17ClN2O/c1-3-21(14-6-4-5-12(2)9-14)18(22)16-11-20-17-8-7-13(19)10-15(16)17/h4-11,20H,3H2,1-2H3. The molecule has 1 N–H and O–H groups in total. The zero-order valence-electron chi connectivity index (χ0n) is 12.6. The molecule has 1 heterocycles. The van der Waals surface area contributed by atoms with E-state index in [2.05, 4.69) is 4.98 Å². The summed E-state index contributed by atoms with van der Waals surface area (Å²) in [6.07, 6.45) is 1.75. The van der Waals surface area contributed by atoms with Crippen LogP contribution in [0.2, 0.25) is 5.02 Å². The number of fused-ring (bicyclic) bond motifs is 1. The number of aromatic nitrogens is 1. The van der Waals surface area contributed by atoms with Crippen LogP contribution in [0.3, 0.4) is 0 Å². The molecule has 0 aliphatic heterocycles. The van der Waals surface area contributed by atoms with Gasteiger partial charge in [-0.1, -0.05) is 23.7 Å². The molecular formula is C18H17ClN2O. The number of halogens is 1. The Balaban J connectivity index is 2.05. The van der Waals surface area contributed by atoms with Crippen molar-refractivity contribution >= 4 is 34.1 Å². The molecule has 1 aromatic heterocycles. The minimum absolute atomic E-state index is 0.0263. The van der Waals surface area contributed by atoms with E-state index in [4.69, 9.17) is 11.6 Å². The number of nitrogens with one attached hydrogen (secondary N) is 1. The maximum atomic E-state index is 12.9. The Bertz CT molecular complexity index is 838. The number of H-pyrrole nitrogens is 1. The summed E-state index contributed by atoms with van der Waals surface area (Å²) >= 11 is 6.06. The van der Waals surface area contributed by atoms with Gasteiger partial charge < -0.3 is 9.88 Å². The fourth-order valence-corrected chi connectivity index (χ4v) is 2.83. The molecule has 0 radical (unpaired) electrons. The van der Waals surface area contributed by atoms with Gasteiger partial charge in [0.25, 0.3) is 5.91 Å². The predicted molar refractivity (Wildman–Crippen MR) is 91.8 cm³/mol. The second-order valence-electron chi connectivity index (χ2n) is 5.28. The number of hydrogen-bond donors (Lipinski definition) is 1. The molecule has 0 saturated heterocycles. The van der Waals surface area contributed by atoms with Gasteiger partial charge in [0.1, 0.15) is 0 Å². The van der Waals surface area contributed by atoms with E-state index in [1.165, 1.54) is 0 Å². The quantitative estimate of drug-likeness (QED) is 0.741. The van der Waals surface area contributed by atoms with Crippen LogP contribution in [-0.2, 0) is 0 Å². The molecule has 2 aromatic carbocycles. The highest BCUT2D eigenvalue weighted by Crippen LogP contribution is 2.25. The number of anilines is 1. The van der Waals surface area contributed by atoms with Crippen molar-refractivity contribution in [2.45, 2.75) is 13.8 Å². The molecular weight excluding hydrogens is 296 g/mol. The molecule has 0 unspecified atom stereocenters. The first-order chi connectivity index (χ1) is 10.6. The fourth-order valence-electron chi connectivity index (χ4n) is 2.65. The molecule has 3 aromatic rings. The molecule has 22 heavy (non-hydrogen) atoms. The minimum atomic E-state index is -0.0263. The van der Waals surface area contributed by atoms with E-state index >= 15 is 0 Å². The first-order valence-electron chi connectivity index (χ1n) is 7.25. The minimum Gasteiger partial charge on any atom is -0.360 e. The Morgan fingerprint density at radius 3 is 2.77 bits per heavy atom. The summed E-state index contributed by atoms with van der Waals surface area (Å²) in [5.41, 5.74) is 3.59. The van der Waals surface area contributed by atoms with Crippen molar-refractivity contribution in [2.75, 3.05) is 11.4 Å². The number of aryl methyl sites for hydroxylation is 1. The lowest BCUT2D eigenvalue weighted by Crippen LogP contribution is -2.30. The van der Waals surface area contributed by atoms with E-state index in [1.54, 1.807) is 11.1 Å². The molecule has 0 bridgehead atoms. The zero-order chi connectivity index (χ0) is 15.7. The first kappa shape index (κ1) is 14.7.